The van der Waals surface area contributed by atoms with Gasteiger partial charge < -0.3 is 18.9 Å². The minimum Gasteiger partial charge on any atom is -0.462 e. The fourth-order valence-corrected chi connectivity index (χ4v) is 10.3. The molecular formula is C63H125NO8P+. The molecule has 0 spiro atoms. The smallest absolute Gasteiger partial charge is 0.462 e. The Hall–Kier alpha value is -1.25. The fourth-order valence-electron chi connectivity index (χ4n) is 9.60. The Labute approximate surface area is 454 Å². The maximum absolute atomic E-state index is 12.8. The third-order valence-corrected chi connectivity index (χ3v) is 15.5. The zero-order chi connectivity index (χ0) is 53.5. The lowest BCUT2D eigenvalue weighted by molar-refractivity contribution is -0.870. The van der Waals surface area contributed by atoms with Crippen LogP contribution in [0.4, 0.5) is 0 Å². The van der Waals surface area contributed by atoms with Crippen molar-refractivity contribution in [3.8, 4) is 0 Å². The summed E-state index contributed by atoms with van der Waals surface area (Å²) in [5, 5.41) is 0. The van der Waals surface area contributed by atoms with Crippen LogP contribution < -0.4 is 0 Å². The van der Waals surface area contributed by atoms with E-state index in [4.69, 9.17) is 18.5 Å². The number of allylic oxidation sites excluding steroid dienone is 2. The Morgan fingerprint density at radius 2 is 0.699 bits per heavy atom. The third kappa shape index (κ3) is 59.8. The number of rotatable bonds is 60. The molecule has 1 N–H and O–H groups in total. The molecule has 0 rings (SSSR count). The van der Waals surface area contributed by atoms with Gasteiger partial charge in [-0.25, -0.2) is 4.57 Å². The minimum atomic E-state index is -4.38. The van der Waals surface area contributed by atoms with Crippen molar-refractivity contribution in [3.63, 3.8) is 0 Å². The van der Waals surface area contributed by atoms with Crippen LogP contribution >= 0.6 is 7.82 Å². The van der Waals surface area contributed by atoms with E-state index in [-0.39, 0.29) is 25.6 Å². The van der Waals surface area contributed by atoms with Gasteiger partial charge in [0.2, 0.25) is 0 Å². The molecule has 0 saturated heterocycles. The second kappa shape index (κ2) is 55.5. The third-order valence-electron chi connectivity index (χ3n) is 14.5. The van der Waals surface area contributed by atoms with Gasteiger partial charge in [0.1, 0.15) is 19.8 Å². The average Bonchev–Trinajstić information content (AvgIpc) is 3.35. The van der Waals surface area contributed by atoms with E-state index in [0.29, 0.717) is 17.4 Å². The van der Waals surface area contributed by atoms with E-state index < -0.39 is 26.5 Å². The molecule has 2 atom stereocenters. The van der Waals surface area contributed by atoms with Crippen molar-refractivity contribution in [2.24, 2.45) is 0 Å². The molecular weight excluding hydrogens is 930 g/mol. The first-order valence-corrected chi connectivity index (χ1v) is 33.4. The SMILES string of the molecule is CCCCCCCCCC/C=C\CCCCCCCCCCCCCCCCCCCCCCCCCC(=O)OC(COC(=O)CCCCCCCCCCCCCCCC)COP(=O)(O)OCC[N+](C)(C)C. The highest BCUT2D eigenvalue weighted by Gasteiger charge is 2.27. The number of phosphoric ester groups is 1. The summed E-state index contributed by atoms with van der Waals surface area (Å²) in [4.78, 5) is 35.7. The van der Waals surface area contributed by atoms with Crippen molar-refractivity contribution >= 4 is 19.8 Å². The number of hydrogen-bond acceptors (Lipinski definition) is 7. The van der Waals surface area contributed by atoms with Crippen LogP contribution in [0, 0.1) is 0 Å². The standard InChI is InChI=1S/C63H124NO8P/c1-6-8-10-12-14-16-18-20-22-23-24-25-26-27-28-29-30-31-32-33-34-35-36-37-38-39-40-41-42-44-46-48-50-52-54-56-63(66)72-61(60-71-73(67,68)70-58-57-64(3,4)5)59-69-62(65)55-53-51-49-47-45-43-21-19-17-15-13-11-9-7-2/h23-24,61H,6-22,25-60H2,1-5H3/p+1/b24-23-. The molecule has 9 nitrogen and oxygen atoms in total. The average molecular weight is 1060 g/mol. The summed E-state index contributed by atoms with van der Waals surface area (Å²) < 4.78 is 34.6. The van der Waals surface area contributed by atoms with E-state index in [0.717, 1.165) is 38.5 Å². The number of carbonyl (C=O) groups is 2. The minimum absolute atomic E-state index is 0.0365. The Morgan fingerprint density at radius 1 is 0.411 bits per heavy atom. The molecule has 0 saturated carbocycles. The maximum Gasteiger partial charge on any atom is 0.472 e. The lowest BCUT2D eigenvalue weighted by atomic mass is 10.0. The Morgan fingerprint density at radius 3 is 1.01 bits per heavy atom. The lowest BCUT2D eigenvalue weighted by Gasteiger charge is -2.24. The first kappa shape index (κ1) is 71.8. The van der Waals surface area contributed by atoms with Crippen LogP contribution in [0.3, 0.4) is 0 Å². The summed E-state index contributed by atoms with van der Waals surface area (Å²) in [5.74, 6) is -0.776. The van der Waals surface area contributed by atoms with Crippen LogP contribution in [0.5, 0.6) is 0 Å². The highest BCUT2D eigenvalue weighted by Crippen LogP contribution is 2.43. The first-order chi connectivity index (χ1) is 35.5. The molecule has 2 unspecified atom stereocenters. The summed E-state index contributed by atoms with van der Waals surface area (Å²) >= 11 is 0. The largest absolute Gasteiger partial charge is 0.472 e. The van der Waals surface area contributed by atoms with Crippen molar-refractivity contribution in [1.82, 2.24) is 0 Å². The van der Waals surface area contributed by atoms with Crippen LogP contribution in [0.15, 0.2) is 12.2 Å². The normalized spacial score (nSPS) is 13.2. The number of hydrogen-bond donors (Lipinski definition) is 1. The Balaban J connectivity index is 3.91. The molecule has 0 heterocycles. The zero-order valence-corrected chi connectivity index (χ0v) is 50.3. The van der Waals surface area contributed by atoms with E-state index in [1.165, 1.54) is 263 Å². The van der Waals surface area contributed by atoms with Crippen LogP contribution in [-0.2, 0) is 32.7 Å². The molecule has 0 amide bonds. The second-order valence-corrected chi connectivity index (χ2v) is 24.6. The number of likely N-dealkylation sites (N-methyl/N-ethyl adjacent to an activating group) is 1. The maximum atomic E-state index is 12.8. The molecule has 0 aromatic carbocycles. The van der Waals surface area contributed by atoms with Crippen molar-refractivity contribution in [2.45, 2.75) is 335 Å². The van der Waals surface area contributed by atoms with Gasteiger partial charge in [-0.05, 0) is 38.5 Å². The van der Waals surface area contributed by atoms with Crippen molar-refractivity contribution in [3.05, 3.63) is 12.2 Å². The number of ether oxygens (including phenoxy) is 2. The molecule has 0 aliphatic rings. The molecule has 0 aliphatic heterocycles. The molecule has 434 valence electrons. The Kier molecular flexibility index (Phi) is 54.6. The summed E-state index contributed by atoms with van der Waals surface area (Å²) in [6.45, 7) is 4.49. The predicted molar refractivity (Wildman–Crippen MR) is 312 cm³/mol. The Bertz CT molecular complexity index is 1240. The molecule has 0 bridgehead atoms. The van der Waals surface area contributed by atoms with Crippen LogP contribution in [0.25, 0.3) is 0 Å². The van der Waals surface area contributed by atoms with Gasteiger partial charge in [-0.3, -0.25) is 18.6 Å². The van der Waals surface area contributed by atoms with E-state index in [9.17, 15) is 19.0 Å². The number of phosphoric acid groups is 1. The van der Waals surface area contributed by atoms with Gasteiger partial charge in [0.05, 0.1) is 27.7 Å². The van der Waals surface area contributed by atoms with Gasteiger partial charge in [-0.1, -0.05) is 289 Å². The predicted octanol–water partition coefficient (Wildman–Crippen LogP) is 20.0. The molecule has 0 aromatic heterocycles. The first-order valence-electron chi connectivity index (χ1n) is 31.9. The summed E-state index contributed by atoms with van der Waals surface area (Å²) in [6.07, 6.45) is 66.0. The number of nitrogens with zero attached hydrogens (tertiary/aromatic N) is 1. The molecule has 73 heavy (non-hydrogen) atoms. The van der Waals surface area contributed by atoms with Gasteiger partial charge in [0, 0.05) is 12.8 Å². The van der Waals surface area contributed by atoms with E-state index in [1.54, 1.807) is 0 Å². The molecule has 0 aromatic rings. The zero-order valence-electron chi connectivity index (χ0n) is 49.4. The topological polar surface area (TPSA) is 108 Å². The second-order valence-electron chi connectivity index (χ2n) is 23.2. The monoisotopic (exact) mass is 1050 g/mol. The van der Waals surface area contributed by atoms with Crippen LogP contribution in [-0.4, -0.2) is 74.9 Å². The summed E-state index contributed by atoms with van der Waals surface area (Å²) in [7, 11) is 1.50. The summed E-state index contributed by atoms with van der Waals surface area (Å²) in [5.41, 5.74) is 0. The number of quaternary nitrogens is 1. The molecule has 0 aliphatic carbocycles. The lowest BCUT2D eigenvalue weighted by Crippen LogP contribution is -2.37. The van der Waals surface area contributed by atoms with Crippen LogP contribution in [0.1, 0.15) is 328 Å². The van der Waals surface area contributed by atoms with E-state index in [1.807, 2.05) is 21.1 Å². The van der Waals surface area contributed by atoms with Gasteiger partial charge in [-0.15, -0.1) is 0 Å². The molecule has 0 radical (unpaired) electrons. The van der Waals surface area contributed by atoms with Gasteiger partial charge >= 0.3 is 19.8 Å². The quantitative estimate of drug-likeness (QED) is 0.0211. The van der Waals surface area contributed by atoms with Crippen molar-refractivity contribution < 1.29 is 42.1 Å². The van der Waals surface area contributed by atoms with Gasteiger partial charge in [0.15, 0.2) is 6.10 Å². The fraction of sp³-hybridized carbons (Fsp3) is 0.937. The van der Waals surface area contributed by atoms with Crippen molar-refractivity contribution in [1.29, 1.82) is 0 Å². The molecule has 10 heteroatoms. The number of carbonyl (C=O) groups excluding carboxylic acids is 2. The summed E-state index contributed by atoms with van der Waals surface area (Å²) in [6, 6.07) is 0. The number of unbranched alkanes of at least 4 members (excludes halogenated alkanes) is 44. The van der Waals surface area contributed by atoms with Gasteiger partial charge in [-0.2, -0.15) is 0 Å². The highest BCUT2D eigenvalue weighted by molar-refractivity contribution is 7.47. The van der Waals surface area contributed by atoms with Crippen LogP contribution in [0.2, 0.25) is 0 Å². The van der Waals surface area contributed by atoms with E-state index >= 15 is 0 Å². The van der Waals surface area contributed by atoms with Gasteiger partial charge in [0.25, 0.3) is 0 Å². The van der Waals surface area contributed by atoms with Crippen molar-refractivity contribution in [2.75, 3.05) is 47.5 Å². The highest BCUT2D eigenvalue weighted by atomic mass is 31.2. The van der Waals surface area contributed by atoms with E-state index in [2.05, 4.69) is 26.0 Å². The number of esters is 2. The molecule has 0 fully saturated rings.